The van der Waals surface area contributed by atoms with Gasteiger partial charge in [0.25, 0.3) is 5.91 Å². The Balaban J connectivity index is 1.52. The number of carbonyl (C=O) groups is 1. The Morgan fingerprint density at radius 3 is 2.81 bits per heavy atom. The number of nitrogens with one attached hydrogen (secondary N) is 2. The van der Waals surface area contributed by atoms with Gasteiger partial charge in [0.2, 0.25) is 0 Å². The van der Waals surface area contributed by atoms with Crippen LogP contribution in [0.25, 0.3) is 0 Å². The predicted molar refractivity (Wildman–Crippen MR) is 75.7 cm³/mol. The summed E-state index contributed by atoms with van der Waals surface area (Å²) in [5.74, 6) is 1.67. The van der Waals surface area contributed by atoms with Crippen LogP contribution in [0.2, 0.25) is 0 Å². The van der Waals surface area contributed by atoms with Crippen LogP contribution in [0.15, 0.2) is 34.9 Å². The van der Waals surface area contributed by atoms with E-state index in [0.717, 1.165) is 18.6 Å². The number of ether oxygens (including phenoxy) is 1. The molecule has 0 aromatic carbocycles. The lowest BCUT2D eigenvalue weighted by Gasteiger charge is -2.09. The van der Waals surface area contributed by atoms with Gasteiger partial charge in [0.1, 0.15) is 17.7 Å². The van der Waals surface area contributed by atoms with Crippen LogP contribution in [0, 0.1) is 0 Å². The summed E-state index contributed by atoms with van der Waals surface area (Å²) < 4.78 is 10.5. The molecule has 2 N–H and O–H groups in total. The first kappa shape index (κ1) is 13.6. The SMILES string of the molecule is O=C(Nc1ccc(NCc2ccco2)nn1)C1CCCO1. The quantitative estimate of drug-likeness (QED) is 0.872. The molecule has 21 heavy (non-hydrogen) atoms. The lowest BCUT2D eigenvalue weighted by Crippen LogP contribution is -2.27. The van der Waals surface area contributed by atoms with Gasteiger partial charge in [-0.3, -0.25) is 4.79 Å². The summed E-state index contributed by atoms with van der Waals surface area (Å²) in [5.41, 5.74) is 0. The normalized spacial score (nSPS) is 17.6. The van der Waals surface area contributed by atoms with Crippen LogP contribution in [0.4, 0.5) is 11.6 Å². The fraction of sp³-hybridized carbons (Fsp3) is 0.357. The van der Waals surface area contributed by atoms with Gasteiger partial charge in [-0.25, -0.2) is 0 Å². The van der Waals surface area contributed by atoms with E-state index in [1.807, 2.05) is 12.1 Å². The van der Waals surface area contributed by atoms with Gasteiger partial charge in [-0.15, -0.1) is 10.2 Å². The highest BCUT2D eigenvalue weighted by Gasteiger charge is 2.23. The third-order valence-electron chi connectivity index (χ3n) is 3.16. The maximum absolute atomic E-state index is 11.8. The number of rotatable bonds is 5. The van der Waals surface area contributed by atoms with Gasteiger partial charge in [0.05, 0.1) is 12.8 Å². The maximum Gasteiger partial charge on any atom is 0.254 e. The standard InChI is InChI=1S/C14H16N4O3/c19-14(11-4-2-8-21-11)16-13-6-5-12(17-18-13)15-9-10-3-1-7-20-10/h1,3,5-7,11H,2,4,8-9H2,(H,15,17)(H,16,18,19). The van der Waals surface area contributed by atoms with Gasteiger partial charge in [-0.1, -0.05) is 0 Å². The Bertz CT molecular complexity index is 577. The molecule has 110 valence electrons. The molecule has 1 atom stereocenters. The molecule has 3 rings (SSSR count). The summed E-state index contributed by atoms with van der Waals surface area (Å²) in [6.45, 7) is 1.17. The van der Waals surface area contributed by atoms with E-state index >= 15 is 0 Å². The van der Waals surface area contributed by atoms with E-state index in [0.29, 0.717) is 24.8 Å². The number of aromatic nitrogens is 2. The highest BCUT2D eigenvalue weighted by Crippen LogP contribution is 2.14. The molecular weight excluding hydrogens is 272 g/mol. The average molecular weight is 288 g/mol. The lowest BCUT2D eigenvalue weighted by molar-refractivity contribution is -0.124. The molecule has 0 aliphatic carbocycles. The molecule has 1 amide bonds. The largest absolute Gasteiger partial charge is 0.467 e. The van der Waals surface area contributed by atoms with E-state index in [1.165, 1.54) is 0 Å². The molecule has 0 saturated carbocycles. The monoisotopic (exact) mass is 288 g/mol. The van der Waals surface area contributed by atoms with Crippen LogP contribution in [0.1, 0.15) is 18.6 Å². The first-order valence-corrected chi connectivity index (χ1v) is 6.84. The summed E-state index contributed by atoms with van der Waals surface area (Å²) in [5, 5.41) is 13.7. The predicted octanol–water partition coefficient (Wildman–Crippen LogP) is 1.80. The Kier molecular flexibility index (Phi) is 4.11. The van der Waals surface area contributed by atoms with Gasteiger partial charge in [0, 0.05) is 6.61 Å². The molecule has 1 aliphatic rings. The second kappa shape index (κ2) is 6.36. The van der Waals surface area contributed by atoms with Crippen molar-refractivity contribution in [3.05, 3.63) is 36.3 Å². The second-order valence-electron chi connectivity index (χ2n) is 4.73. The van der Waals surface area contributed by atoms with Crippen LogP contribution in [-0.2, 0) is 16.1 Å². The van der Waals surface area contributed by atoms with Crippen LogP contribution in [0.3, 0.4) is 0 Å². The van der Waals surface area contributed by atoms with Crippen molar-refractivity contribution in [3.63, 3.8) is 0 Å². The lowest BCUT2D eigenvalue weighted by atomic mass is 10.2. The number of anilines is 2. The van der Waals surface area contributed by atoms with Gasteiger partial charge < -0.3 is 19.8 Å². The Labute approximate surface area is 121 Å². The summed E-state index contributed by atoms with van der Waals surface area (Å²) in [6.07, 6.45) is 2.91. The Hall–Kier alpha value is -2.41. The molecule has 2 aromatic rings. The molecule has 1 saturated heterocycles. The first-order valence-electron chi connectivity index (χ1n) is 6.84. The zero-order chi connectivity index (χ0) is 14.5. The van der Waals surface area contributed by atoms with E-state index in [1.54, 1.807) is 18.4 Å². The molecule has 0 bridgehead atoms. The zero-order valence-corrected chi connectivity index (χ0v) is 11.4. The molecule has 0 radical (unpaired) electrons. The first-order chi connectivity index (χ1) is 10.3. The second-order valence-corrected chi connectivity index (χ2v) is 4.73. The van der Waals surface area contributed by atoms with E-state index in [2.05, 4.69) is 20.8 Å². The summed E-state index contributed by atoms with van der Waals surface area (Å²) in [7, 11) is 0. The minimum atomic E-state index is -0.372. The molecule has 3 heterocycles. The summed E-state index contributed by atoms with van der Waals surface area (Å²) in [6, 6.07) is 7.15. The van der Waals surface area contributed by atoms with E-state index < -0.39 is 0 Å². The minimum Gasteiger partial charge on any atom is -0.467 e. The van der Waals surface area contributed by atoms with Crippen molar-refractivity contribution in [1.82, 2.24) is 10.2 Å². The number of hydrogen-bond donors (Lipinski definition) is 2. The van der Waals surface area contributed by atoms with Crippen molar-refractivity contribution in [2.45, 2.75) is 25.5 Å². The van der Waals surface area contributed by atoms with Crippen LogP contribution >= 0.6 is 0 Å². The van der Waals surface area contributed by atoms with E-state index in [9.17, 15) is 4.79 Å². The third-order valence-corrected chi connectivity index (χ3v) is 3.16. The zero-order valence-electron chi connectivity index (χ0n) is 11.4. The van der Waals surface area contributed by atoms with Gasteiger partial charge in [-0.05, 0) is 37.1 Å². The van der Waals surface area contributed by atoms with E-state index in [-0.39, 0.29) is 12.0 Å². The minimum absolute atomic E-state index is 0.168. The average Bonchev–Trinajstić information content (AvgIpc) is 3.20. The number of hydrogen-bond acceptors (Lipinski definition) is 6. The highest BCUT2D eigenvalue weighted by molar-refractivity contribution is 5.93. The molecule has 2 aromatic heterocycles. The molecule has 1 fully saturated rings. The molecule has 7 heteroatoms. The van der Waals surface area contributed by atoms with E-state index in [4.69, 9.17) is 9.15 Å². The number of carbonyl (C=O) groups excluding carboxylic acids is 1. The van der Waals surface area contributed by atoms with Crippen molar-refractivity contribution >= 4 is 17.5 Å². The number of amides is 1. The van der Waals surface area contributed by atoms with Gasteiger partial charge in [0.15, 0.2) is 5.82 Å². The van der Waals surface area contributed by atoms with Crippen LogP contribution in [0.5, 0.6) is 0 Å². The summed E-state index contributed by atoms with van der Waals surface area (Å²) >= 11 is 0. The molecular formula is C14H16N4O3. The smallest absolute Gasteiger partial charge is 0.254 e. The molecule has 0 spiro atoms. The van der Waals surface area contributed by atoms with Crippen molar-refractivity contribution < 1.29 is 13.9 Å². The molecule has 7 nitrogen and oxygen atoms in total. The number of furan rings is 1. The fourth-order valence-electron chi connectivity index (χ4n) is 2.08. The van der Waals surface area contributed by atoms with Crippen LogP contribution < -0.4 is 10.6 Å². The summed E-state index contributed by atoms with van der Waals surface area (Å²) in [4.78, 5) is 11.8. The fourth-order valence-corrected chi connectivity index (χ4v) is 2.08. The van der Waals surface area contributed by atoms with Crippen molar-refractivity contribution in [2.75, 3.05) is 17.2 Å². The van der Waals surface area contributed by atoms with Crippen molar-refractivity contribution in [1.29, 1.82) is 0 Å². The topological polar surface area (TPSA) is 89.3 Å². The molecule has 1 aliphatic heterocycles. The highest BCUT2D eigenvalue weighted by atomic mass is 16.5. The number of nitrogens with zero attached hydrogens (tertiary/aromatic N) is 2. The van der Waals surface area contributed by atoms with Crippen molar-refractivity contribution in [3.8, 4) is 0 Å². The van der Waals surface area contributed by atoms with Crippen LogP contribution in [-0.4, -0.2) is 28.8 Å². The third kappa shape index (κ3) is 3.57. The Morgan fingerprint density at radius 1 is 1.29 bits per heavy atom. The Morgan fingerprint density at radius 2 is 2.14 bits per heavy atom. The van der Waals surface area contributed by atoms with Crippen molar-refractivity contribution in [2.24, 2.45) is 0 Å². The van der Waals surface area contributed by atoms with Gasteiger partial charge >= 0.3 is 0 Å². The molecule has 1 unspecified atom stereocenters. The maximum atomic E-state index is 11.8. The van der Waals surface area contributed by atoms with Gasteiger partial charge in [-0.2, -0.15) is 0 Å².